The van der Waals surface area contributed by atoms with Crippen LogP contribution < -0.4 is 5.32 Å². The van der Waals surface area contributed by atoms with E-state index in [1.807, 2.05) is 11.9 Å². The van der Waals surface area contributed by atoms with Gasteiger partial charge in [0.2, 0.25) is 0 Å². The van der Waals surface area contributed by atoms with Crippen molar-refractivity contribution in [1.82, 2.24) is 10.2 Å². The van der Waals surface area contributed by atoms with E-state index in [0.717, 1.165) is 38.9 Å². The van der Waals surface area contributed by atoms with Crippen LogP contribution in [0.15, 0.2) is 0 Å². The molecule has 1 saturated carbocycles. The molecule has 0 atom stereocenters. The third-order valence-electron chi connectivity index (χ3n) is 3.99. The minimum atomic E-state index is 0.101. The molecule has 2 fully saturated rings. The van der Waals surface area contributed by atoms with Crippen molar-refractivity contribution in [3.63, 3.8) is 0 Å². The summed E-state index contributed by atoms with van der Waals surface area (Å²) >= 11 is 0. The van der Waals surface area contributed by atoms with Gasteiger partial charge in [0, 0.05) is 32.3 Å². The lowest BCUT2D eigenvalue weighted by molar-refractivity contribution is 0.0772. The van der Waals surface area contributed by atoms with E-state index < -0.39 is 0 Å². The van der Waals surface area contributed by atoms with E-state index in [1.165, 1.54) is 19.3 Å². The number of urea groups is 1. The van der Waals surface area contributed by atoms with E-state index in [0.29, 0.717) is 12.1 Å². The smallest absolute Gasteiger partial charge is 0.317 e. The van der Waals surface area contributed by atoms with Crippen LogP contribution in [0.25, 0.3) is 0 Å². The van der Waals surface area contributed by atoms with Crippen LogP contribution in [-0.2, 0) is 4.74 Å². The maximum Gasteiger partial charge on any atom is 0.317 e. The first-order valence-corrected chi connectivity index (χ1v) is 6.88. The zero-order chi connectivity index (χ0) is 12.1. The number of rotatable bonds is 2. The molecule has 2 aliphatic rings. The number of nitrogens with zero attached hydrogens (tertiary/aromatic N) is 1. The number of hydrogen-bond donors (Lipinski definition) is 1. The predicted molar refractivity (Wildman–Crippen MR) is 67.0 cm³/mol. The Kier molecular flexibility index (Phi) is 4.66. The normalized spacial score (nSPS) is 23.4. The average Bonchev–Trinajstić information content (AvgIpc) is 2.40. The highest BCUT2D eigenvalue weighted by Gasteiger charge is 2.24. The van der Waals surface area contributed by atoms with Crippen molar-refractivity contribution in [2.45, 2.75) is 57.0 Å². The first-order valence-electron chi connectivity index (χ1n) is 6.88. The highest BCUT2D eigenvalue weighted by molar-refractivity contribution is 5.74. The van der Waals surface area contributed by atoms with Gasteiger partial charge in [0.15, 0.2) is 0 Å². The van der Waals surface area contributed by atoms with E-state index in [-0.39, 0.29) is 6.03 Å². The molecule has 4 nitrogen and oxygen atoms in total. The summed E-state index contributed by atoms with van der Waals surface area (Å²) < 4.78 is 5.29. The Morgan fingerprint density at radius 1 is 1.12 bits per heavy atom. The van der Waals surface area contributed by atoms with Gasteiger partial charge >= 0.3 is 6.03 Å². The van der Waals surface area contributed by atoms with E-state index in [4.69, 9.17) is 4.74 Å². The lowest BCUT2D eigenvalue weighted by atomic mass is 9.95. The molecule has 0 radical (unpaired) electrons. The highest BCUT2D eigenvalue weighted by atomic mass is 16.5. The molecule has 17 heavy (non-hydrogen) atoms. The molecule has 1 aliphatic heterocycles. The topological polar surface area (TPSA) is 41.6 Å². The van der Waals surface area contributed by atoms with Gasteiger partial charge in [-0.3, -0.25) is 0 Å². The Hall–Kier alpha value is -0.770. The van der Waals surface area contributed by atoms with Crippen LogP contribution in [0.4, 0.5) is 4.79 Å². The largest absolute Gasteiger partial charge is 0.381 e. The molecule has 98 valence electrons. The van der Waals surface area contributed by atoms with Crippen molar-refractivity contribution >= 4 is 6.03 Å². The van der Waals surface area contributed by atoms with Gasteiger partial charge in [-0.15, -0.1) is 0 Å². The molecular weight excluding hydrogens is 216 g/mol. The molecule has 0 unspecified atom stereocenters. The fourth-order valence-electron chi connectivity index (χ4n) is 2.75. The summed E-state index contributed by atoms with van der Waals surface area (Å²) in [6.45, 7) is 1.55. The quantitative estimate of drug-likeness (QED) is 0.803. The summed E-state index contributed by atoms with van der Waals surface area (Å²) in [5.41, 5.74) is 0. The van der Waals surface area contributed by atoms with Crippen molar-refractivity contribution in [1.29, 1.82) is 0 Å². The van der Waals surface area contributed by atoms with E-state index >= 15 is 0 Å². The fraction of sp³-hybridized carbons (Fsp3) is 0.923. The van der Waals surface area contributed by atoms with Crippen LogP contribution in [0, 0.1) is 0 Å². The molecule has 1 N–H and O–H groups in total. The molecule has 1 heterocycles. The molecular formula is C13H24N2O2. The summed E-state index contributed by atoms with van der Waals surface area (Å²) in [7, 11) is 1.94. The molecule has 4 heteroatoms. The summed E-state index contributed by atoms with van der Waals surface area (Å²) in [4.78, 5) is 14.0. The predicted octanol–water partition coefficient (Wildman–Crippen LogP) is 2.14. The number of ether oxygens (including phenoxy) is 1. The molecule has 0 bridgehead atoms. The molecule has 2 rings (SSSR count). The maximum absolute atomic E-state index is 12.1. The summed E-state index contributed by atoms with van der Waals surface area (Å²) in [6, 6.07) is 0.856. The minimum Gasteiger partial charge on any atom is -0.381 e. The number of amides is 2. The third-order valence-corrected chi connectivity index (χ3v) is 3.99. The molecule has 2 amide bonds. The Morgan fingerprint density at radius 3 is 2.41 bits per heavy atom. The van der Waals surface area contributed by atoms with Gasteiger partial charge in [-0.2, -0.15) is 0 Å². The van der Waals surface area contributed by atoms with Crippen LogP contribution >= 0.6 is 0 Å². The van der Waals surface area contributed by atoms with Crippen molar-refractivity contribution in [3.05, 3.63) is 0 Å². The number of carbonyl (C=O) groups excluding carboxylic acids is 1. The number of nitrogens with one attached hydrogen (secondary N) is 1. The van der Waals surface area contributed by atoms with Gasteiger partial charge in [0.1, 0.15) is 0 Å². The molecule has 1 saturated heterocycles. The average molecular weight is 240 g/mol. The standard InChI is InChI=1S/C13H24N2O2/c1-15(12-5-3-2-4-6-12)13(16)14-11-7-9-17-10-8-11/h11-12H,2-10H2,1H3,(H,14,16). The molecule has 0 aromatic rings. The van der Waals surface area contributed by atoms with Gasteiger partial charge in [0.05, 0.1) is 0 Å². The lowest BCUT2D eigenvalue weighted by Gasteiger charge is -2.33. The van der Waals surface area contributed by atoms with Gasteiger partial charge in [-0.1, -0.05) is 19.3 Å². The first kappa shape index (κ1) is 12.7. The molecule has 0 aromatic carbocycles. The number of carbonyl (C=O) groups is 1. The van der Waals surface area contributed by atoms with Gasteiger partial charge in [-0.05, 0) is 25.7 Å². The summed E-state index contributed by atoms with van der Waals surface area (Å²) in [5, 5.41) is 3.12. The van der Waals surface area contributed by atoms with Crippen LogP contribution in [0.3, 0.4) is 0 Å². The second kappa shape index (κ2) is 6.24. The van der Waals surface area contributed by atoms with E-state index in [2.05, 4.69) is 5.32 Å². The van der Waals surface area contributed by atoms with Crippen molar-refractivity contribution in [3.8, 4) is 0 Å². The Balaban J connectivity index is 1.77. The van der Waals surface area contributed by atoms with Crippen molar-refractivity contribution in [2.24, 2.45) is 0 Å². The van der Waals surface area contributed by atoms with Crippen molar-refractivity contribution in [2.75, 3.05) is 20.3 Å². The monoisotopic (exact) mass is 240 g/mol. The maximum atomic E-state index is 12.1. The summed E-state index contributed by atoms with van der Waals surface area (Å²) in [5.74, 6) is 0. The van der Waals surface area contributed by atoms with Crippen LogP contribution in [-0.4, -0.2) is 43.3 Å². The van der Waals surface area contributed by atoms with E-state index in [9.17, 15) is 4.79 Å². The summed E-state index contributed by atoms with van der Waals surface area (Å²) in [6.07, 6.45) is 8.08. The third kappa shape index (κ3) is 3.60. The molecule has 0 aromatic heterocycles. The second-order valence-corrected chi connectivity index (χ2v) is 5.24. The van der Waals surface area contributed by atoms with Gasteiger partial charge in [-0.25, -0.2) is 4.79 Å². The van der Waals surface area contributed by atoms with Crippen molar-refractivity contribution < 1.29 is 9.53 Å². The Morgan fingerprint density at radius 2 is 1.76 bits per heavy atom. The van der Waals surface area contributed by atoms with Gasteiger partial charge < -0.3 is 15.0 Å². The zero-order valence-electron chi connectivity index (χ0n) is 10.8. The van der Waals surface area contributed by atoms with E-state index in [1.54, 1.807) is 0 Å². The second-order valence-electron chi connectivity index (χ2n) is 5.24. The van der Waals surface area contributed by atoms with Gasteiger partial charge in [0.25, 0.3) is 0 Å². The Labute approximate surface area is 104 Å². The highest BCUT2D eigenvalue weighted by Crippen LogP contribution is 2.21. The number of hydrogen-bond acceptors (Lipinski definition) is 2. The SMILES string of the molecule is CN(C(=O)NC1CCOCC1)C1CCCCC1. The lowest BCUT2D eigenvalue weighted by Crippen LogP contribution is -2.49. The van der Waals surface area contributed by atoms with Crippen LogP contribution in [0.1, 0.15) is 44.9 Å². The molecule has 1 aliphatic carbocycles. The molecule has 0 spiro atoms. The Bertz CT molecular complexity index is 246. The zero-order valence-corrected chi connectivity index (χ0v) is 10.8. The fourth-order valence-corrected chi connectivity index (χ4v) is 2.75. The first-order chi connectivity index (χ1) is 8.27. The van der Waals surface area contributed by atoms with Crippen LogP contribution in [0.2, 0.25) is 0 Å². The minimum absolute atomic E-state index is 0.101. The van der Waals surface area contributed by atoms with Crippen LogP contribution in [0.5, 0.6) is 0 Å².